The smallest absolute Gasteiger partial charge is 0.258 e. The lowest BCUT2D eigenvalue weighted by Gasteiger charge is -2.35. The largest absolute Gasteiger partial charge is 0.506 e. The average Bonchev–Trinajstić information content (AvgIpc) is 3.57. The van der Waals surface area contributed by atoms with Gasteiger partial charge in [-0.1, -0.05) is 74.8 Å². The number of nitrogens with one attached hydrogen (secondary N) is 2. The summed E-state index contributed by atoms with van der Waals surface area (Å²) in [7, 11) is 1.86. The molecular formula is C56H64ClFN6O7S. The summed E-state index contributed by atoms with van der Waals surface area (Å²) >= 11 is 7.92. The van der Waals surface area contributed by atoms with E-state index in [9.17, 15) is 29.0 Å². The van der Waals surface area contributed by atoms with E-state index in [0.717, 1.165) is 75.5 Å². The van der Waals surface area contributed by atoms with Crippen molar-refractivity contribution in [2.24, 2.45) is 12.5 Å². The van der Waals surface area contributed by atoms with Crippen molar-refractivity contribution in [2.45, 2.75) is 123 Å². The number of likely N-dealkylation sites (tertiary alicyclic amines) is 1. The van der Waals surface area contributed by atoms with Gasteiger partial charge in [-0.3, -0.25) is 19.1 Å². The van der Waals surface area contributed by atoms with E-state index in [2.05, 4.69) is 45.0 Å². The minimum atomic E-state index is -1.97. The van der Waals surface area contributed by atoms with Gasteiger partial charge in [0.2, 0.25) is 11.8 Å². The number of aliphatic hydroxyl groups excluding tert-OH is 1. The Morgan fingerprint density at radius 2 is 1.67 bits per heavy atom. The Morgan fingerprint density at radius 1 is 0.931 bits per heavy atom. The fourth-order valence-corrected chi connectivity index (χ4v) is 10.1. The lowest BCUT2D eigenvalue weighted by atomic mass is 9.85. The van der Waals surface area contributed by atoms with Gasteiger partial charge < -0.3 is 35.2 Å². The number of ether oxygens (including phenoxy) is 2. The van der Waals surface area contributed by atoms with Crippen molar-refractivity contribution in [3.63, 3.8) is 0 Å². The normalized spacial score (nSPS) is 16.6. The molecule has 0 spiro atoms. The SMILES string of the molecule is Cc1cc(-c2ccc(OCc3ccc(CCCCCOc4cc(-c5scnc5C)ccc4CNC(=O)[C@@H]4C[C@@H](O)CN4C(=O)[C@@H](NC(=O)C4(F)CC4)C(C)(C)C)cc3)c(-c3ccc(Cl)c(C)c3)c2O)n(C)n1. The predicted octanol–water partition coefficient (Wildman–Crippen LogP) is 10.1. The summed E-state index contributed by atoms with van der Waals surface area (Å²) < 4.78 is 29.3. The van der Waals surface area contributed by atoms with Crippen LogP contribution < -0.4 is 20.1 Å². The van der Waals surface area contributed by atoms with Crippen LogP contribution in [0.25, 0.3) is 32.8 Å². The number of phenols is 1. The van der Waals surface area contributed by atoms with E-state index < -0.39 is 47.0 Å². The highest BCUT2D eigenvalue weighted by Crippen LogP contribution is 2.45. The van der Waals surface area contributed by atoms with Gasteiger partial charge in [-0.15, -0.1) is 11.3 Å². The van der Waals surface area contributed by atoms with E-state index in [1.54, 1.807) is 31.0 Å². The van der Waals surface area contributed by atoms with Crippen LogP contribution in [0.5, 0.6) is 17.2 Å². The molecule has 1 saturated carbocycles. The topological polar surface area (TPSA) is 168 Å². The van der Waals surface area contributed by atoms with Crippen molar-refractivity contribution in [2.75, 3.05) is 13.2 Å². The Balaban J connectivity index is 0.860. The molecule has 2 fully saturated rings. The van der Waals surface area contributed by atoms with Crippen LogP contribution in [-0.2, 0) is 41.0 Å². The number of β-amino-alcohol motifs (C(OH)–C–C–N with tert-alkyl or cyclic N) is 1. The molecule has 3 amide bonds. The van der Waals surface area contributed by atoms with Crippen LogP contribution in [0.3, 0.4) is 0 Å². The van der Waals surface area contributed by atoms with Crippen LogP contribution in [0, 0.1) is 26.2 Å². The minimum absolute atomic E-state index is 0.0303. The summed E-state index contributed by atoms with van der Waals surface area (Å²) in [5, 5.41) is 33.1. The van der Waals surface area contributed by atoms with Gasteiger partial charge in [-0.2, -0.15) is 5.10 Å². The van der Waals surface area contributed by atoms with E-state index in [4.69, 9.17) is 21.1 Å². The highest BCUT2D eigenvalue weighted by molar-refractivity contribution is 7.13. The van der Waals surface area contributed by atoms with Crippen molar-refractivity contribution < 1.29 is 38.5 Å². The number of aromatic nitrogens is 3. The highest BCUT2D eigenvalue weighted by atomic mass is 35.5. The number of amides is 3. The number of aryl methyl sites for hydroxylation is 5. The molecule has 16 heteroatoms. The predicted molar refractivity (Wildman–Crippen MR) is 279 cm³/mol. The number of alkyl halides is 1. The molecule has 4 N–H and O–H groups in total. The van der Waals surface area contributed by atoms with Crippen molar-refractivity contribution in [3.05, 3.63) is 123 Å². The number of halogens is 2. The third-order valence-corrected chi connectivity index (χ3v) is 14.9. The zero-order valence-corrected chi connectivity index (χ0v) is 43.6. The number of unbranched alkanes of at least 4 members (excludes halogenated alkanes) is 2. The molecule has 8 rings (SSSR count). The van der Waals surface area contributed by atoms with Crippen LogP contribution in [0.15, 0.2) is 84.4 Å². The number of nitrogens with zero attached hydrogens (tertiary/aromatic N) is 4. The molecule has 72 heavy (non-hydrogen) atoms. The summed E-state index contributed by atoms with van der Waals surface area (Å²) in [5.41, 5.74) is 8.41. The van der Waals surface area contributed by atoms with Gasteiger partial charge in [0.1, 0.15) is 35.9 Å². The van der Waals surface area contributed by atoms with Gasteiger partial charge in [0.15, 0.2) is 5.67 Å². The summed E-state index contributed by atoms with van der Waals surface area (Å²) in [6.45, 7) is 11.9. The molecular weight excluding hydrogens is 955 g/mol. The molecule has 2 aromatic heterocycles. The Hall–Kier alpha value is -6.29. The van der Waals surface area contributed by atoms with Crippen LogP contribution in [0.4, 0.5) is 4.39 Å². The zero-order valence-electron chi connectivity index (χ0n) is 42.0. The first kappa shape index (κ1) is 52.0. The number of aromatic hydroxyl groups is 1. The van der Waals surface area contributed by atoms with E-state index in [-0.39, 0.29) is 38.1 Å². The molecule has 0 unspecified atom stereocenters. The molecule has 2 aliphatic rings. The monoisotopic (exact) mass is 1020 g/mol. The zero-order chi connectivity index (χ0) is 51.5. The number of hydrogen-bond donors (Lipinski definition) is 4. The van der Waals surface area contributed by atoms with E-state index in [1.807, 2.05) is 82.4 Å². The number of carbonyl (C=O) groups excluding carboxylic acids is 3. The molecule has 0 radical (unpaired) electrons. The first-order chi connectivity index (χ1) is 34.3. The number of thiazole rings is 1. The van der Waals surface area contributed by atoms with Gasteiger partial charge >= 0.3 is 0 Å². The number of rotatable bonds is 19. The second-order valence-electron chi connectivity index (χ2n) is 20.3. The van der Waals surface area contributed by atoms with Gasteiger partial charge in [0, 0.05) is 42.7 Å². The Bertz CT molecular complexity index is 2950. The maximum atomic E-state index is 14.7. The molecule has 13 nitrogen and oxygen atoms in total. The van der Waals surface area contributed by atoms with E-state index in [1.165, 1.54) is 21.8 Å². The average molecular weight is 1020 g/mol. The summed E-state index contributed by atoms with van der Waals surface area (Å²) in [6.07, 6.45) is 2.86. The van der Waals surface area contributed by atoms with Crippen molar-refractivity contribution in [1.29, 1.82) is 0 Å². The quantitative estimate of drug-likeness (QED) is 0.0578. The molecule has 6 aromatic rings. The summed E-state index contributed by atoms with van der Waals surface area (Å²) in [4.78, 5) is 47.3. The van der Waals surface area contributed by atoms with Crippen LogP contribution in [-0.4, -0.2) is 84.6 Å². The van der Waals surface area contributed by atoms with Gasteiger partial charge in [-0.05, 0) is 129 Å². The van der Waals surface area contributed by atoms with Crippen molar-refractivity contribution in [1.82, 2.24) is 30.3 Å². The van der Waals surface area contributed by atoms with E-state index in [0.29, 0.717) is 40.9 Å². The Kier molecular flexibility index (Phi) is 15.8. The fraction of sp³-hybridized carbons (Fsp3) is 0.411. The minimum Gasteiger partial charge on any atom is -0.506 e. The Labute approximate surface area is 429 Å². The number of benzene rings is 4. The van der Waals surface area contributed by atoms with E-state index >= 15 is 0 Å². The second-order valence-corrected chi connectivity index (χ2v) is 21.6. The third kappa shape index (κ3) is 12.0. The molecule has 1 aliphatic heterocycles. The molecule has 0 bridgehead atoms. The molecule has 380 valence electrons. The molecule has 3 heterocycles. The molecule has 1 aliphatic carbocycles. The molecule has 3 atom stereocenters. The van der Waals surface area contributed by atoms with Crippen molar-refractivity contribution in [3.8, 4) is 50.1 Å². The molecule has 4 aromatic carbocycles. The lowest BCUT2D eigenvalue weighted by molar-refractivity contribution is -0.145. The maximum Gasteiger partial charge on any atom is 0.258 e. The highest BCUT2D eigenvalue weighted by Gasteiger charge is 2.53. The number of phenolic OH excluding ortho intramolecular Hbond substituents is 1. The number of hydrogen-bond acceptors (Lipinski definition) is 10. The fourth-order valence-electron chi connectivity index (χ4n) is 9.17. The Morgan fingerprint density at radius 3 is 2.33 bits per heavy atom. The summed E-state index contributed by atoms with van der Waals surface area (Å²) in [5.74, 6) is -0.526. The van der Waals surface area contributed by atoms with Gasteiger partial charge in [-0.25, -0.2) is 9.37 Å². The lowest BCUT2D eigenvalue weighted by Crippen LogP contribution is -2.59. The first-order valence-corrected chi connectivity index (χ1v) is 25.8. The number of aliphatic hydroxyl groups is 1. The second kappa shape index (κ2) is 21.8. The molecule has 1 saturated heterocycles. The van der Waals surface area contributed by atoms with Crippen LogP contribution in [0.1, 0.15) is 92.9 Å². The maximum absolute atomic E-state index is 14.7. The summed E-state index contributed by atoms with van der Waals surface area (Å²) in [6, 6.07) is 23.5. The van der Waals surface area contributed by atoms with Crippen LogP contribution in [0.2, 0.25) is 5.02 Å². The number of carbonyl (C=O) groups is 3. The first-order valence-electron chi connectivity index (χ1n) is 24.6. The van der Waals surface area contributed by atoms with Crippen LogP contribution >= 0.6 is 22.9 Å². The third-order valence-electron chi connectivity index (χ3n) is 13.5. The van der Waals surface area contributed by atoms with Gasteiger partial charge in [0.25, 0.3) is 5.91 Å². The van der Waals surface area contributed by atoms with Crippen molar-refractivity contribution >= 4 is 40.7 Å². The standard InChI is InChI=1S/C56H64ClFN6O7S/c1-33-25-38(18-20-43(33)57)48-46(21-19-42(49(48)66)44-26-34(2)62-63(44)7)71-31-37-14-12-36(13-15-37)11-9-8-10-24-70-47-27-39(50-35(3)60-32-72-50)16-17-40(47)29-59-52(67)45-28-41(65)30-64(45)53(68)51(55(4,5)6)61-54(69)56(58)22-23-56/h12-21,25-27,32,41,45,51,65-66H,8-11,22-24,28-31H2,1-7H3,(H,59,67)(H,61,69)/t41-,45+,51-/m1/s1. The van der Waals surface area contributed by atoms with Gasteiger partial charge in [0.05, 0.1) is 45.7 Å².